The molecule has 1 saturated carbocycles. The smallest absolute Gasteiger partial charge is 0.338 e. The second-order valence-electron chi connectivity index (χ2n) is 6.92. The van der Waals surface area contributed by atoms with Crippen LogP contribution in [0.2, 0.25) is 0 Å². The van der Waals surface area contributed by atoms with E-state index in [0.717, 1.165) is 25.7 Å². The SMILES string of the molecule is CCN(C(=O)[C@H](C)OC(=O)c1ccc(NC(=O)CC#N)cc1)C1CCCCC1. The maximum Gasteiger partial charge on any atom is 0.338 e. The summed E-state index contributed by atoms with van der Waals surface area (Å²) in [4.78, 5) is 38.3. The number of nitrogens with zero attached hydrogens (tertiary/aromatic N) is 2. The number of rotatable bonds is 7. The summed E-state index contributed by atoms with van der Waals surface area (Å²) in [5.41, 5.74) is 0.772. The molecule has 1 fully saturated rings. The summed E-state index contributed by atoms with van der Waals surface area (Å²) in [7, 11) is 0. The third-order valence-corrected chi connectivity index (χ3v) is 4.91. The highest BCUT2D eigenvalue weighted by Gasteiger charge is 2.29. The average molecular weight is 385 g/mol. The number of esters is 1. The number of amides is 2. The first-order valence-corrected chi connectivity index (χ1v) is 9.74. The van der Waals surface area contributed by atoms with Crippen LogP contribution in [-0.4, -0.2) is 41.4 Å². The molecule has 0 unspecified atom stereocenters. The van der Waals surface area contributed by atoms with Crippen molar-refractivity contribution in [1.82, 2.24) is 4.90 Å². The molecule has 0 heterocycles. The van der Waals surface area contributed by atoms with Crippen LogP contribution >= 0.6 is 0 Å². The van der Waals surface area contributed by atoms with E-state index < -0.39 is 18.0 Å². The van der Waals surface area contributed by atoms with Gasteiger partial charge in [0.1, 0.15) is 6.42 Å². The van der Waals surface area contributed by atoms with Crippen LogP contribution < -0.4 is 5.32 Å². The third-order valence-electron chi connectivity index (χ3n) is 4.91. The van der Waals surface area contributed by atoms with Gasteiger partial charge in [-0.3, -0.25) is 9.59 Å². The molecule has 1 aromatic rings. The quantitative estimate of drug-likeness (QED) is 0.726. The first kappa shape index (κ1) is 21.4. The molecule has 1 N–H and O–H groups in total. The van der Waals surface area contributed by atoms with Crippen LogP contribution in [0.15, 0.2) is 24.3 Å². The fourth-order valence-corrected chi connectivity index (χ4v) is 3.47. The van der Waals surface area contributed by atoms with Gasteiger partial charge >= 0.3 is 5.97 Å². The summed E-state index contributed by atoms with van der Waals surface area (Å²) in [6.07, 6.45) is 4.36. The second-order valence-corrected chi connectivity index (χ2v) is 6.92. The Balaban J connectivity index is 1.94. The Morgan fingerprint density at radius 2 is 1.86 bits per heavy atom. The minimum absolute atomic E-state index is 0.164. The summed E-state index contributed by atoms with van der Waals surface area (Å²) in [6.45, 7) is 4.14. The highest BCUT2D eigenvalue weighted by molar-refractivity contribution is 5.94. The molecule has 0 aliphatic heterocycles. The first-order chi connectivity index (χ1) is 13.5. The van der Waals surface area contributed by atoms with Gasteiger partial charge in [-0.15, -0.1) is 0 Å². The van der Waals surface area contributed by atoms with Crippen LogP contribution in [0.1, 0.15) is 62.7 Å². The number of nitriles is 1. The Morgan fingerprint density at radius 1 is 1.21 bits per heavy atom. The van der Waals surface area contributed by atoms with Crippen molar-refractivity contribution >= 4 is 23.5 Å². The highest BCUT2D eigenvalue weighted by atomic mass is 16.5. The molecule has 7 nitrogen and oxygen atoms in total. The number of anilines is 1. The van der Waals surface area contributed by atoms with E-state index in [-0.39, 0.29) is 18.4 Å². The van der Waals surface area contributed by atoms with Crippen molar-refractivity contribution in [1.29, 1.82) is 5.26 Å². The molecular formula is C21H27N3O4. The Labute approximate surface area is 165 Å². The molecule has 1 aliphatic rings. The fraction of sp³-hybridized carbons (Fsp3) is 0.524. The number of carbonyl (C=O) groups excluding carboxylic acids is 3. The van der Waals surface area contributed by atoms with E-state index in [0.29, 0.717) is 17.8 Å². The van der Waals surface area contributed by atoms with Crippen LogP contribution in [0, 0.1) is 11.3 Å². The molecule has 150 valence electrons. The van der Waals surface area contributed by atoms with Gasteiger partial charge in [0.2, 0.25) is 5.91 Å². The van der Waals surface area contributed by atoms with Gasteiger partial charge in [0, 0.05) is 18.3 Å². The van der Waals surface area contributed by atoms with E-state index in [1.807, 2.05) is 11.8 Å². The van der Waals surface area contributed by atoms with Crippen LogP contribution in [0.4, 0.5) is 5.69 Å². The lowest BCUT2D eigenvalue weighted by atomic mass is 9.94. The standard InChI is InChI=1S/C21H27N3O4/c1-3-24(18-7-5-4-6-8-18)20(26)15(2)28-21(27)16-9-11-17(12-10-16)23-19(25)13-14-22/h9-12,15,18H,3-8,13H2,1-2H3,(H,23,25)/t15-/m0/s1. The lowest BCUT2D eigenvalue weighted by Gasteiger charge is -2.35. The lowest BCUT2D eigenvalue weighted by molar-refractivity contribution is -0.142. The van der Waals surface area contributed by atoms with E-state index in [9.17, 15) is 14.4 Å². The average Bonchev–Trinajstić information content (AvgIpc) is 2.70. The van der Waals surface area contributed by atoms with Crippen molar-refractivity contribution in [3.05, 3.63) is 29.8 Å². The number of likely N-dealkylation sites (N-methyl/N-ethyl adjacent to an activating group) is 1. The minimum Gasteiger partial charge on any atom is -0.449 e. The molecular weight excluding hydrogens is 358 g/mol. The van der Waals surface area contributed by atoms with Crippen molar-refractivity contribution in [2.45, 2.75) is 64.5 Å². The molecule has 0 spiro atoms. The number of hydrogen-bond donors (Lipinski definition) is 1. The van der Waals surface area contributed by atoms with Crippen molar-refractivity contribution in [3.63, 3.8) is 0 Å². The molecule has 28 heavy (non-hydrogen) atoms. The van der Waals surface area contributed by atoms with Gasteiger partial charge in [-0.25, -0.2) is 4.79 Å². The zero-order valence-corrected chi connectivity index (χ0v) is 16.4. The van der Waals surface area contributed by atoms with E-state index >= 15 is 0 Å². The maximum atomic E-state index is 12.8. The van der Waals surface area contributed by atoms with Gasteiger partial charge in [0.05, 0.1) is 11.6 Å². The number of carbonyl (C=O) groups is 3. The second kappa shape index (κ2) is 10.5. The number of ether oxygens (including phenoxy) is 1. The summed E-state index contributed by atoms with van der Waals surface area (Å²) < 4.78 is 5.37. The molecule has 0 bridgehead atoms. The Morgan fingerprint density at radius 3 is 2.43 bits per heavy atom. The number of benzene rings is 1. The topological polar surface area (TPSA) is 99.5 Å². The fourth-order valence-electron chi connectivity index (χ4n) is 3.47. The summed E-state index contributed by atoms with van der Waals surface area (Å²) >= 11 is 0. The minimum atomic E-state index is -0.857. The van der Waals surface area contributed by atoms with Gasteiger partial charge in [0.15, 0.2) is 6.10 Å². The molecule has 0 aromatic heterocycles. The van der Waals surface area contributed by atoms with Crippen LogP contribution in [0.3, 0.4) is 0 Å². The van der Waals surface area contributed by atoms with E-state index in [1.165, 1.54) is 18.6 Å². The predicted molar refractivity (Wildman–Crippen MR) is 104 cm³/mol. The largest absolute Gasteiger partial charge is 0.449 e. The Bertz CT molecular complexity index is 733. The van der Waals surface area contributed by atoms with Gasteiger partial charge in [-0.05, 0) is 51.0 Å². The first-order valence-electron chi connectivity index (χ1n) is 9.74. The summed E-state index contributed by atoms with van der Waals surface area (Å²) in [5, 5.41) is 11.0. The molecule has 0 saturated heterocycles. The van der Waals surface area contributed by atoms with Crippen molar-refractivity contribution < 1.29 is 19.1 Å². The Kier molecular flexibility index (Phi) is 8.00. The van der Waals surface area contributed by atoms with Crippen LogP contribution in [0.25, 0.3) is 0 Å². The van der Waals surface area contributed by atoms with Crippen molar-refractivity contribution in [2.75, 3.05) is 11.9 Å². The summed E-state index contributed by atoms with van der Waals surface area (Å²) in [6, 6.07) is 8.13. The normalized spacial score (nSPS) is 15.2. The number of hydrogen-bond acceptors (Lipinski definition) is 5. The van der Waals surface area contributed by atoms with Crippen LogP contribution in [-0.2, 0) is 14.3 Å². The zero-order valence-electron chi connectivity index (χ0n) is 16.4. The van der Waals surface area contributed by atoms with E-state index in [4.69, 9.17) is 10.00 Å². The van der Waals surface area contributed by atoms with Gasteiger partial charge in [-0.1, -0.05) is 19.3 Å². The maximum absolute atomic E-state index is 12.8. The lowest BCUT2D eigenvalue weighted by Crippen LogP contribution is -2.46. The molecule has 0 radical (unpaired) electrons. The molecule has 1 atom stereocenters. The Hall–Kier alpha value is -2.88. The van der Waals surface area contributed by atoms with Crippen molar-refractivity contribution in [2.24, 2.45) is 0 Å². The number of nitrogens with one attached hydrogen (secondary N) is 1. The monoisotopic (exact) mass is 385 g/mol. The molecule has 2 rings (SSSR count). The molecule has 1 aliphatic carbocycles. The van der Waals surface area contributed by atoms with Gasteiger partial charge in [0.25, 0.3) is 5.91 Å². The highest BCUT2D eigenvalue weighted by Crippen LogP contribution is 2.23. The van der Waals surface area contributed by atoms with Gasteiger partial charge < -0.3 is 15.0 Å². The molecule has 7 heteroatoms. The van der Waals surface area contributed by atoms with E-state index in [2.05, 4.69) is 5.32 Å². The van der Waals surface area contributed by atoms with Crippen molar-refractivity contribution in [3.8, 4) is 6.07 Å². The molecule has 1 aromatic carbocycles. The molecule has 2 amide bonds. The zero-order chi connectivity index (χ0) is 20.5. The summed E-state index contributed by atoms with van der Waals surface area (Å²) in [5.74, 6) is -1.17. The van der Waals surface area contributed by atoms with E-state index in [1.54, 1.807) is 25.1 Å². The van der Waals surface area contributed by atoms with Crippen LogP contribution in [0.5, 0.6) is 0 Å². The van der Waals surface area contributed by atoms with Gasteiger partial charge in [-0.2, -0.15) is 5.26 Å². The third kappa shape index (κ3) is 5.81. The predicted octanol–water partition coefficient (Wildman–Crippen LogP) is 3.27.